The van der Waals surface area contributed by atoms with Gasteiger partial charge >= 0.3 is 5.30 Å². The van der Waals surface area contributed by atoms with Crippen molar-refractivity contribution in [3.8, 4) is 17.5 Å². The fourth-order valence-electron chi connectivity index (χ4n) is 3.66. The summed E-state index contributed by atoms with van der Waals surface area (Å²) < 4.78 is 28.1. The molecule has 2 unspecified atom stereocenters. The van der Waals surface area contributed by atoms with E-state index < -0.39 is 17.5 Å². The highest BCUT2D eigenvalue weighted by Crippen LogP contribution is 2.28. The van der Waals surface area contributed by atoms with Gasteiger partial charge < -0.3 is 45.2 Å². The molecule has 0 saturated carbocycles. The van der Waals surface area contributed by atoms with Crippen molar-refractivity contribution in [3.05, 3.63) is 29.8 Å². The normalized spacial score (nSPS) is 18.2. The van der Waals surface area contributed by atoms with Crippen molar-refractivity contribution in [2.45, 2.75) is 30.1 Å². The van der Waals surface area contributed by atoms with E-state index in [1.807, 2.05) is 6.26 Å². The molecule has 0 spiro atoms. The minimum atomic E-state index is -0.570. The number of hydrogen-bond acceptors (Lipinski definition) is 14. The molecule has 1 aromatic rings. The van der Waals surface area contributed by atoms with Gasteiger partial charge in [-0.05, 0) is 30.7 Å². The van der Waals surface area contributed by atoms with Crippen LogP contribution >= 0.6 is 43.2 Å². The van der Waals surface area contributed by atoms with Gasteiger partial charge in [-0.25, -0.2) is 4.79 Å². The predicted octanol–water partition coefficient (Wildman–Crippen LogP) is 1.26. The van der Waals surface area contributed by atoms with Crippen molar-refractivity contribution >= 4 is 67.6 Å². The number of rotatable bonds is 19. The lowest BCUT2D eigenvalue weighted by Crippen LogP contribution is -2.29. The number of amides is 2. The summed E-state index contributed by atoms with van der Waals surface area (Å²) in [7, 11) is 5.69. The van der Waals surface area contributed by atoms with Crippen molar-refractivity contribution in [2.24, 2.45) is 5.73 Å². The van der Waals surface area contributed by atoms with E-state index in [1.165, 1.54) is 32.4 Å². The molecule has 43 heavy (non-hydrogen) atoms. The lowest BCUT2D eigenvalue weighted by atomic mass is 9.71. The maximum Gasteiger partial charge on any atom is 0.378 e. The highest BCUT2D eigenvalue weighted by molar-refractivity contribution is 8.81. The van der Waals surface area contributed by atoms with Crippen LogP contribution in [0.2, 0.25) is 0 Å². The number of nitrogens with two attached hydrogens (primary N) is 1. The quantitative estimate of drug-likeness (QED) is 0.0413. The Bertz CT molecular complexity index is 1070. The van der Waals surface area contributed by atoms with Crippen molar-refractivity contribution < 1.29 is 43.2 Å². The average molecular weight is 676 g/mol. The molecule has 1 aliphatic rings. The van der Waals surface area contributed by atoms with Gasteiger partial charge in [-0.1, -0.05) is 44.4 Å². The van der Waals surface area contributed by atoms with E-state index in [9.17, 15) is 19.5 Å². The van der Waals surface area contributed by atoms with Gasteiger partial charge in [0.15, 0.2) is 0 Å². The number of aliphatic hydroxyl groups excluding tert-OH is 1. The number of hydrogen-bond donors (Lipinski definition) is 4. The Morgan fingerprint density at radius 3 is 2.81 bits per heavy atom. The third-order valence-corrected chi connectivity index (χ3v) is 8.77. The molecule has 0 radical (unpaired) electrons. The monoisotopic (exact) mass is 675 g/mol. The first-order valence-electron chi connectivity index (χ1n) is 13.4. The Balaban J connectivity index is 1.60. The van der Waals surface area contributed by atoms with Crippen molar-refractivity contribution in [3.63, 3.8) is 0 Å². The summed E-state index contributed by atoms with van der Waals surface area (Å²) in [4.78, 5) is 35.9. The summed E-state index contributed by atoms with van der Waals surface area (Å²) in [6, 6.07) is 6.61. The Morgan fingerprint density at radius 2 is 2.07 bits per heavy atom. The molecule has 17 heteroatoms. The van der Waals surface area contributed by atoms with E-state index in [-0.39, 0.29) is 62.8 Å². The average Bonchev–Trinajstić information content (AvgIpc) is 3.39. The fourth-order valence-corrected chi connectivity index (χ4v) is 5.96. The molecule has 238 valence electrons. The van der Waals surface area contributed by atoms with Gasteiger partial charge in [-0.15, -0.1) is 0 Å². The second-order valence-electron chi connectivity index (χ2n) is 8.70. The Morgan fingerprint density at radius 1 is 1.23 bits per heavy atom. The molecule has 2 amide bonds. The van der Waals surface area contributed by atoms with Crippen molar-refractivity contribution in [1.82, 2.24) is 10.6 Å². The Kier molecular flexibility index (Phi) is 19.8. The zero-order chi connectivity index (χ0) is 31.3. The summed E-state index contributed by atoms with van der Waals surface area (Å²) in [5.41, 5.74) is 5.63. The van der Waals surface area contributed by atoms with Crippen LogP contribution in [0.3, 0.4) is 0 Å². The first-order valence-corrected chi connectivity index (χ1v) is 18.6. The molecular weight excluding hydrogens is 637 g/mol. The number of ether oxygens (including phenoxy) is 5. The fraction of sp³-hybridized carbons (Fsp3) is 0.577. The summed E-state index contributed by atoms with van der Waals surface area (Å²) in [6.07, 6.45) is 3.08. The van der Waals surface area contributed by atoms with E-state index >= 15 is 0 Å². The van der Waals surface area contributed by atoms with Crippen LogP contribution in [0.4, 0.5) is 4.79 Å². The zero-order valence-corrected chi connectivity index (χ0v) is 27.4. The molecule has 0 aromatic heterocycles. The molecule has 0 aliphatic carbocycles. The predicted molar refractivity (Wildman–Crippen MR) is 175 cm³/mol. The SMILES string of the molecule is CSSC(=O)O[C@@H]1C[C@H](BC#CCNC(=O)COCCOC(COc2cccc(C(=O)NCCN)c2)SSC)OC1CO. The lowest BCUT2D eigenvalue weighted by Gasteiger charge is -2.17. The van der Waals surface area contributed by atoms with Crippen LogP contribution in [0, 0.1) is 11.7 Å². The van der Waals surface area contributed by atoms with Gasteiger partial charge in [0.1, 0.15) is 36.6 Å². The number of nitrogens with one attached hydrogen (secondary N) is 2. The third kappa shape index (κ3) is 15.7. The summed E-state index contributed by atoms with van der Waals surface area (Å²) in [5, 5.41) is 14.4. The highest BCUT2D eigenvalue weighted by Gasteiger charge is 2.37. The molecule has 1 aromatic carbocycles. The van der Waals surface area contributed by atoms with Gasteiger partial charge in [0.2, 0.25) is 13.2 Å². The minimum Gasteiger partial charge on any atom is -0.490 e. The van der Waals surface area contributed by atoms with Gasteiger partial charge in [0.25, 0.3) is 5.91 Å². The number of aliphatic hydroxyl groups is 1. The molecule has 4 atom stereocenters. The maximum absolute atomic E-state index is 12.1. The number of benzene rings is 1. The summed E-state index contributed by atoms with van der Waals surface area (Å²) in [6.45, 7) is 1.26. The molecule has 5 N–H and O–H groups in total. The van der Waals surface area contributed by atoms with Crippen molar-refractivity contribution in [1.29, 1.82) is 0 Å². The van der Waals surface area contributed by atoms with E-state index in [0.717, 1.165) is 10.8 Å². The second-order valence-corrected chi connectivity index (χ2v) is 13.7. The molecule has 1 heterocycles. The standard InChI is InChI=1S/C26H38BN3O9S4/c1-40-42-24(17-37-19-6-3-5-18(13-19)25(33)30-10-8-28)36-12-11-35-16-23(32)29-9-4-7-27-22-14-20(21(15-31)38-22)39-26(34)43-41-2/h3,5-6,13,20-22,24,27,31H,8-12,14-17,28H2,1-2H3,(H,29,32)(H,30,33)/t20-,21?,22-,24?/m1/s1. The number of carbonyl (C=O) groups is 3. The second kappa shape index (κ2) is 22.7. The van der Waals surface area contributed by atoms with E-state index in [4.69, 9.17) is 29.4 Å². The van der Waals surface area contributed by atoms with Gasteiger partial charge in [-0.2, -0.15) is 5.82 Å². The van der Waals surface area contributed by atoms with Crippen LogP contribution in [-0.4, -0.2) is 118 Å². The van der Waals surface area contributed by atoms with Gasteiger partial charge in [0.05, 0.1) is 26.4 Å². The first kappa shape index (κ1) is 37.4. The highest BCUT2D eigenvalue weighted by atomic mass is 33.1. The van der Waals surface area contributed by atoms with Gasteiger partial charge in [-0.3, -0.25) is 9.59 Å². The molecule has 0 bridgehead atoms. The lowest BCUT2D eigenvalue weighted by molar-refractivity contribution is -0.126. The van der Waals surface area contributed by atoms with E-state index in [0.29, 0.717) is 38.1 Å². The first-order chi connectivity index (χ1) is 20.9. The molecule has 1 saturated heterocycles. The molecule has 12 nitrogen and oxygen atoms in total. The summed E-state index contributed by atoms with van der Waals surface area (Å²) >= 11 is 0. The van der Waals surface area contributed by atoms with Crippen LogP contribution in [0.5, 0.6) is 5.75 Å². The molecule has 2 rings (SSSR count). The zero-order valence-electron chi connectivity index (χ0n) is 24.1. The van der Waals surface area contributed by atoms with Crippen LogP contribution in [-0.2, 0) is 23.7 Å². The van der Waals surface area contributed by atoms with Gasteiger partial charge in [0, 0.05) is 41.9 Å². The maximum atomic E-state index is 12.1. The number of carbonyl (C=O) groups excluding carboxylic acids is 3. The van der Waals surface area contributed by atoms with Crippen LogP contribution in [0.15, 0.2) is 24.3 Å². The molecule has 1 aliphatic heterocycles. The van der Waals surface area contributed by atoms with Crippen LogP contribution < -0.4 is 21.1 Å². The minimum absolute atomic E-state index is 0.133. The molecule has 1 fully saturated rings. The molecular formula is C26H38BN3O9S4. The third-order valence-electron chi connectivity index (χ3n) is 5.57. The van der Waals surface area contributed by atoms with E-state index in [1.54, 1.807) is 30.5 Å². The van der Waals surface area contributed by atoms with E-state index in [2.05, 4.69) is 22.4 Å². The summed E-state index contributed by atoms with van der Waals surface area (Å²) in [5.74, 6) is 5.83. The van der Waals surface area contributed by atoms with Crippen molar-refractivity contribution in [2.75, 3.05) is 65.2 Å². The Labute approximate surface area is 268 Å². The van der Waals surface area contributed by atoms with Crippen LogP contribution in [0.1, 0.15) is 16.8 Å². The smallest absolute Gasteiger partial charge is 0.378 e. The Hall–Kier alpha value is -1.75. The largest absolute Gasteiger partial charge is 0.490 e. The topological polar surface area (TPSA) is 168 Å². The van der Waals surface area contributed by atoms with Crippen LogP contribution in [0.25, 0.3) is 0 Å².